The standard InChI is InChI=1S/C17H21NO2/c19-17(16-7-3-4-10-18-16)12-20-15-9-8-13-5-1-2-6-14(13)11-15/h1-2,5-6,8-9,11,16-19H,3-4,7,10,12H2/t16-,17-/m0/s1. The van der Waals surface area contributed by atoms with Gasteiger partial charge in [-0.25, -0.2) is 0 Å². The highest BCUT2D eigenvalue weighted by atomic mass is 16.5. The molecule has 3 heteroatoms. The lowest BCUT2D eigenvalue weighted by molar-refractivity contribution is 0.0640. The van der Waals surface area contributed by atoms with Crippen LogP contribution >= 0.6 is 0 Å². The number of hydrogen-bond acceptors (Lipinski definition) is 3. The zero-order valence-electron chi connectivity index (χ0n) is 11.6. The van der Waals surface area contributed by atoms with Gasteiger partial charge in [0.15, 0.2) is 0 Å². The molecule has 0 unspecified atom stereocenters. The summed E-state index contributed by atoms with van der Waals surface area (Å²) < 4.78 is 5.74. The number of aliphatic hydroxyl groups excluding tert-OH is 1. The van der Waals surface area contributed by atoms with Crippen LogP contribution < -0.4 is 10.1 Å². The Hall–Kier alpha value is -1.58. The highest BCUT2D eigenvalue weighted by Crippen LogP contribution is 2.21. The summed E-state index contributed by atoms with van der Waals surface area (Å²) in [5.41, 5.74) is 0. The second-order valence-corrected chi connectivity index (χ2v) is 5.44. The number of nitrogens with one attached hydrogen (secondary N) is 1. The summed E-state index contributed by atoms with van der Waals surface area (Å²) >= 11 is 0. The van der Waals surface area contributed by atoms with Crippen molar-refractivity contribution in [2.75, 3.05) is 13.2 Å². The van der Waals surface area contributed by atoms with E-state index in [0.717, 1.165) is 24.1 Å². The predicted molar refractivity (Wildman–Crippen MR) is 81.1 cm³/mol. The first-order valence-electron chi connectivity index (χ1n) is 7.36. The molecular weight excluding hydrogens is 250 g/mol. The van der Waals surface area contributed by atoms with E-state index >= 15 is 0 Å². The fourth-order valence-corrected chi connectivity index (χ4v) is 2.76. The smallest absolute Gasteiger partial charge is 0.120 e. The lowest BCUT2D eigenvalue weighted by atomic mass is 10.0. The quantitative estimate of drug-likeness (QED) is 0.898. The van der Waals surface area contributed by atoms with Crippen molar-refractivity contribution in [2.24, 2.45) is 0 Å². The van der Waals surface area contributed by atoms with Gasteiger partial charge in [-0.2, -0.15) is 0 Å². The molecule has 3 nitrogen and oxygen atoms in total. The zero-order valence-corrected chi connectivity index (χ0v) is 11.6. The maximum Gasteiger partial charge on any atom is 0.120 e. The minimum Gasteiger partial charge on any atom is -0.491 e. The Bertz CT molecular complexity index is 564. The molecular formula is C17H21NO2. The van der Waals surface area contributed by atoms with Gasteiger partial charge in [0.25, 0.3) is 0 Å². The fraction of sp³-hybridized carbons (Fsp3) is 0.412. The number of hydrogen-bond donors (Lipinski definition) is 2. The SMILES string of the molecule is O[C@@H](COc1ccc2ccccc2c1)[C@@H]1CCCCN1. The molecule has 0 bridgehead atoms. The summed E-state index contributed by atoms with van der Waals surface area (Å²) in [6.07, 6.45) is 2.98. The fourth-order valence-electron chi connectivity index (χ4n) is 2.76. The van der Waals surface area contributed by atoms with Gasteiger partial charge in [0.1, 0.15) is 18.5 Å². The Morgan fingerprint density at radius 1 is 1.15 bits per heavy atom. The molecule has 0 amide bonds. The van der Waals surface area contributed by atoms with Crippen LogP contribution in [0.5, 0.6) is 5.75 Å². The van der Waals surface area contributed by atoms with Gasteiger partial charge >= 0.3 is 0 Å². The molecule has 2 atom stereocenters. The largest absolute Gasteiger partial charge is 0.491 e. The Morgan fingerprint density at radius 2 is 2.00 bits per heavy atom. The number of aliphatic hydroxyl groups is 1. The number of fused-ring (bicyclic) bond motifs is 1. The van der Waals surface area contributed by atoms with Crippen LogP contribution in [0.15, 0.2) is 42.5 Å². The van der Waals surface area contributed by atoms with Crippen LogP contribution in [0.1, 0.15) is 19.3 Å². The van der Waals surface area contributed by atoms with Gasteiger partial charge in [-0.1, -0.05) is 36.8 Å². The van der Waals surface area contributed by atoms with Gasteiger partial charge in [0, 0.05) is 6.04 Å². The van der Waals surface area contributed by atoms with Gasteiger partial charge in [0.2, 0.25) is 0 Å². The minimum atomic E-state index is -0.443. The maximum atomic E-state index is 10.2. The first-order valence-corrected chi connectivity index (χ1v) is 7.36. The molecule has 1 saturated heterocycles. The Balaban J connectivity index is 1.61. The molecule has 2 aromatic carbocycles. The van der Waals surface area contributed by atoms with E-state index in [2.05, 4.69) is 23.5 Å². The summed E-state index contributed by atoms with van der Waals surface area (Å²) in [5, 5.41) is 15.9. The summed E-state index contributed by atoms with van der Waals surface area (Å²) in [7, 11) is 0. The lowest BCUT2D eigenvalue weighted by Gasteiger charge is -2.27. The molecule has 0 saturated carbocycles. The van der Waals surface area contributed by atoms with E-state index in [1.807, 2.05) is 24.3 Å². The summed E-state index contributed by atoms with van der Waals surface area (Å²) in [6, 6.07) is 14.4. The van der Waals surface area contributed by atoms with Crippen molar-refractivity contribution < 1.29 is 9.84 Å². The van der Waals surface area contributed by atoms with E-state index in [-0.39, 0.29) is 6.04 Å². The van der Waals surface area contributed by atoms with Crippen LogP contribution in [0.25, 0.3) is 10.8 Å². The average Bonchev–Trinajstić information content (AvgIpc) is 2.53. The third kappa shape index (κ3) is 3.11. The molecule has 2 N–H and O–H groups in total. The van der Waals surface area contributed by atoms with E-state index in [0.29, 0.717) is 6.61 Å². The Labute approximate surface area is 119 Å². The average molecular weight is 271 g/mol. The van der Waals surface area contributed by atoms with Gasteiger partial charge in [0.05, 0.1) is 0 Å². The summed E-state index contributed by atoms with van der Waals surface area (Å²) in [6.45, 7) is 1.34. The van der Waals surface area contributed by atoms with Gasteiger partial charge in [-0.3, -0.25) is 0 Å². The van der Waals surface area contributed by atoms with E-state index in [9.17, 15) is 5.11 Å². The second kappa shape index (κ2) is 6.25. The molecule has 0 aliphatic carbocycles. The molecule has 20 heavy (non-hydrogen) atoms. The lowest BCUT2D eigenvalue weighted by Crippen LogP contribution is -2.45. The number of piperidine rings is 1. The molecule has 0 radical (unpaired) electrons. The molecule has 1 heterocycles. The molecule has 1 fully saturated rings. The van der Waals surface area contributed by atoms with E-state index in [1.54, 1.807) is 0 Å². The second-order valence-electron chi connectivity index (χ2n) is 5.44. The van der Waals surface area contributed by atoms with Crippen molar-refractivity contribution in [1.82, 2.24) is 5.32 Å². The third-order valence-corrected chi connectivity index (χ3v) is 3.95. The van der Waals surface area contributed by atoms with Crippen LogP contribution in [-0.2, 0) is 0 Å². The summed E-state index contributed by atoms with van der Waals surface area (Å²) in [4.78, 5) is 0. The highest BCUT2D eigenvalue weighted by molar-refractivity contribution is 5.83. The Kier molecular flexibility index (Phi) is 4.19. The van der Waals surface area contributed by atoms with Crippen LogP contribution in [0.4, 0.5) is 0 Å². The minimum absolute atomic E-state index is 0.171. The number of ether oxygens (including phenoxy) is 1. The monoisotopic (exact) mass is 271 g/mol. The van der Waals surface area contributed by atoms with Crippen LogP contribution in [-0.4, -0.2) is 30.4 Å². The normalized spacial score (nSPS) is 20.8. The van der Waals surface area contributed by atoms with E-state index in [1.165, 1.54) is 18.2 Å². The van der Waals surface area contributed by atoms with Crippen molar-refractivity contribution in [3.05, 3.63) is 42.5 Å². The Morgan fingerprint density at radius 3 is 2.80 bits per heavy atom. The highest BCUT2D eigenvalue weighted by Gasteiger charge is 2.21. The zero-order chi connectivity index (χ0) is 13.8. The molecule has 0 aromatic heterocycles. The van der Waals surface area contributed by atoms with E-state index < -0.39 is 6.10 Å². The third-order valence-electron chi connectivity index (χ3n) is 3.95. The van der Waals surface area contributed by atoms with Crippen molar-refractivity contribution in [3.63, 3.8) is 0 Å². The van der Waals surface area contributed by atoms with E-state index in [4.69, 9.17) is 4.74 Å². The first-order chi connectivity index (χ1) is 9.83. The topological polar surface area (TPSA) is 41.5 Å². The molecule has 0 spiro atoms. The molecule has 1 aliphatic heterocycles. The van der Waals surface area contributed by atoms with Crippen LogP contribution in [0, 0.1) is 0 Å². The summed E-state index contributed by atoms with van der Waals surface area (Å²) in [5.74, 6) is 0.818. The van der Waals surface area contributed by atoms with Gasteiger partial charge in [-0.15, -0.1) is 0 Å². The maximum absolute atomic E-state index is 10.2. The first kappa shape index (κ1) is 13.4. The predicted octanol–water partition coefficient (Wildman–Crippen LogP) is 2.72. The van der Waals surface area contributed by atoms with Crippen molar-refractivity contribution in [1.29, 1.82) is 0 Å². The number of rotatable bonds is 4. The van der Waals surface area contributed by atoms with Crippen molar-refractivity contribution in [2.45, 2.75) is 31.4 Å². The molecule has 1 aliphatic rings. The number of benzene rings is 2. The van der Waals surface area contributed by atoms with Crippen molar-refractivity contribution in [3.8, 4) is 5.75 Å². The molecule has 106 valence electrons. The molecule has 2 aromatic rings. The van der Waals surface area contributed by atoms with Crippen LogP contribution in [0.2, 0.25) is 0 Å². The van der Waals surface area contributed by atoms with Gasteiger partial charge < -0.3 is 15.2 Å². The van der Waals surface area contributed by atoms with Crippen molar-refractivity contribution >= 4 is 10.8 Å². The molecule has 3 rings (SSSR count). The van der Waals surface area contributed by atoms with Gasteiger partial charge in [-0.05, 0) is 42.3 Å². The van der Waals surface area contributed by atoms with Crippen LogP contribution in [0.3, 0.4) is 0 Å².